The topological polar surface area (TPSA) is 101 Å². The number of nitrogens with zero attached hydrogens (tertiary/aromatic N) is 1. The number of rotatable bonds is 3. The Bertz CT molecular complexity index is 945. The van der Waals surface area contributed by atoms with E-state index in [-0.39, 0.29) is 22.6 Å². The number of hydrogen-bond donors (Lipinski definition) is 1. The van der Waals surface area contributed by atoms with Gasteiger partial charge in [-0.1, -0.05) is 12.1 Å². The molecule has 1 N–H and O–H groups in total. The summed E-state index contributed by atoms with van der Waals surface area (Å²) in [5.74, 6) is -1.16. The van der Waals surface area contributed by atoms with Gasteiger partial charge in [0.1, 0.15) is 10.6 Å². The summed E-state index contributed by atoms with van der Waals surface area (Å²) >= 11 is 0. The minimum atomic E-state index is -4.50. The molecule has 7 nitrogen and oxygen atoms in total. The average Bonchev–Trinajstić information content (AvgIpc) is 2.78. The standard InChI is InChI=1S/C16H13NO6S/c1-9-7-14(24(20,21)22)13(23-2)8-12(9)17-15(18)10-5-3-4-6-11(10)16(17)19/h3-8H,1-2H3,(H,20,21,22). The van der Waals surface area contributed by atoms with Gasteiger partial charge in [-0.3, -0.25) is 14.1 Å². The maximum Gasteiger partial charge on any atom is 0.298 e. The van der Waals surface area contributed by atoms with Crippen LogP contribution in [0.4, 0.5) is 5.69 Å². The Hall–Kier alpha value is -2.71. The zero-order chi connectivity index (χ0) is 17.6. The van der Waals surface area contributed by atoms with Crippen LogP contribution in [0.15, 0.2) is 41.3 Å². The number of carbonyl (C=O) groups is 2. The lowest BCUT2D eigenvalue weighted by Gasteiger charge is -2.19. The van der Waals surface area contributed by atoms with Crippen molar-refractivity contribution in [2.24, 2.45) is 0 Å². The molecule has 124 valence electrons. The number of benzene rings is 2. The molecule has 0 spiro atoms. The van der Waals surface area contributed by atoms with E-state index in [0.717, 1.165) is 11.0 Å². The van der Waals surface area contributed by atoms with E-state index in [4.69, 9.17) is 4.74 Å². The van der Waals surface area contributed by atoms with Gasteiger partial charge in [0.25, 0.3) is 21.9 Å². The number of fused-ring (bicyclic) bond motifs is 1. The number of aryl methyl sites for hydroxylation is 1. The molecule has 0 saturated heterocycles. The van der Waals surface area contributed by atoms with Crippen LogP contribution in [0.5, 0.6) is 5.75 Å². The fourth-order valence-electron chi connectivity index (χ4n) is 2.66. The fraction of sp³-hybridized carbons (Fsp3) is 0.125. The zero-order valence-electron chi connectivity index (χ0n) is 12.8. The van der Waals surface area contributed by atoms with Crippen LogP contribution in [0.3, 0.4) is 0 Å². The Balaban J connectivity index is 2.19. The van der Waals surface area contributed by atoms with Gasteiger partial charge in [-0.15, -0.1) is 0 Å². The second kappa shape index (κ2) is 5.43. The number of ether oxygens (including phenoxy) is 1. The molecular weight excluding hydrogens is 334 g/mol. The van der Waals surface area contributed by atoms with Crippen LogP contribution in [0.25, 0.3) is 0 Å². The Morgan fingerprint density at radius 3 is 2.04 bits per heavy atom. The van der Waals surface area contributed by atoms with Crippen LogP contribution >= 0.6 is 0 Å². The summed E-state index contributed by atoms with van der Waals surface area (Å²) in [6.07, 6.45) is 0. The van der Waals surface area contributed by atoms with Crippen LogP contribution in [0, 0.1) is 6.92 Å². The largest absolute Gasteiger partial charge is 0.495 e. The third-order valence-electron chi connectivity index (χ3n) is 3.80. The van der Waals surface area contributed by atoms with Crippen LogP contribution in [-0.4, -0.2) is 31.9 Å². The van der Waals surface area contributed by atoms with Gasteiger partial charge in [0.2, 0.25) is 0 Å². The number of anilines is 1. The van der Waals surface area contributed by atoms with Gasteiger partial charge in [0.15, 0.2) is 0 Å². The van der Waals surface area contributed by atoms with Crippen molar-refractivity contribution in [3.05, 3.63) is 53.1 Å². The van der Waals surface area contributed by atoms with Crippen molar-refractivity contribution in [2.75, 3.05) is 12.0 Å². The summed E-state index contributed by atoms with van der Waals surface area (Å²) < 4.78 is 37.1. The van der Waals surface area contributed by atoms with Gasteiger partial charge < -0.3 is 4.74 Å². The van der Waals surface area contributed by atoms with E-state index in [1.807, 2.05) is 0 Å². The number of methoxy groups -OCH3 is 1. The molecule has 0 aromatic heterocycles. The molecular formula is C16H13NO6S. The summed E-state index contributed by atoms with van der Waals surface area (Å²) in [5.41, 5.74) is 1.09. The second-order valence-electron chi connectivity index (χ2n) is 5.26. The molecule has 1 aliphatic heterocycles. The quantitative estimate of drug-likeness (QED) is 0.674. The van der Waals surface area contributed by atoms with Gasteiger partial charge in [-0.05, 0) is 30.7 Å². The summed E-state index contributed by atoms with van der Waals surface area (Å²) in [5, 5.41) is 0. The first-order chi connectivity index (χ1) is 11.3. The van der Waals surface area contributed by atoms with Gasteiger partial charge >= 0.3 is 0 Å². The molecule has 2 aromatic carbocycles. The first-order valence-electron chi connectivity index (χ1n) is 6.89. The van der Waals surface area contributed by atoms with Gasteiger partial charge in [0, 0.05) is 6.07 Å². The second-order valence-corrected chi connectivity index (χ2v) is 6.65. The lowest BCUT2D eigenvalue weighted by atomic mass is 10.1. The predicted octanol–water partition coefficient (Wildman–Crippen LogP) is 2.05. The Kier molecular flexibility index (Phi) is 3.66. The van der Waals surface area contributed by atoms with Crippen molar-refractivity contribution in [3.8, 4) is 5.75 Å². The lowest BCUT2D eigenvalue weighted by Crippen LogP contribution is -2.30. The van der Waals surface area contributed by atoms with Gasteiger partial charge in [0.05, 0.1) is 23.9 Å². The van der Waals surface area contributed by atoms with Gasteiger partial charge in [-0.25, -0.2) is 4.90 Å². The number of hydrogen-bond acceptors (Lipinski definition) is 5. The van der Waals surface area contributed by atoms with E-state index in [0.29, 0.717) is 5.56 Å². The van der Waals surface area contributed by atoms with Crippen LogP contribution < -0.4 is 9.64 Å². The molecule has 2 amide bonds. The highest BCUT2D eigenvalue weighted by Crippen LogP contribution is 2.36. The molecule has 0 atom stereocenters. The van der Waals surface area contributed by atoms with E-state index in [9.17, 15) is 22.6 Å². The molecule has 1 aliphatic rings. The van der Waals surface area contributed by atoms with Crippen molar-refractivity contribution in [1.82, 2.24) is 0 Å². The zero-order valence-corrected chi connectivity index (χ0v) is 13.6. The molecule has 0 bridgehead atoms. The van der Waals surface area contributed by atoms with E-state index >= 15 is 0 Å². The maximum absolute atomic E-state index is 12.5. The normalized spacial score (nSPS) is 14.0. The molecule has 0 aliphatic carbocycles. The fourth-order valence-corrected chi connectivity index (χ4v) is 3.38. The summed E-state index contributed by atoms with van der Waals surface area (Å²) in [6, 6.07) is 8.82. The minimum Gasteiger partial charge on any atom is -0.495 e. The first-order valence-corrected chi connectivity index (χ1v) is 8.33. The van der Waals surface area contributed by atoms with Crippen molar-refractivity contribution < 1.29 is 27.3 Å². The molecule has 2 aromatic rings. The Labute approximate surface area is 138 Å². The van der Waals surface area contributed by atoms with Crippen molar-refractivity contribution >= 4 is 27.6 Å². The molecule has 0 saturated carbocycles. The minimum absolute atomic E-state index is 0.158. The summed E-state index contributed by atoms with van der Waals surface area (Å²) in [7, 11) is -3.27. The van der Waals surface area contributed by atoms with Crippen LogP contribution in [-0.2, 0) is 10.1 Å². The molecule has 24 heavy (non-hydrogen) atoms. The van der Waals surface area contributed by atoms with E-state index in [2.05, 4.69) is 0 Å². The highest BCUT2D eigenvalue weighted by molar-refractivity contribution is 7.86. The third-order valence-corrected chi connectivity index (χ3v) is 4.67. The van der Waals surface area contributed by atoms with E-state index in [1.165, 1.54) is 20.1 Å². The monoisotopic (exact) mass is 347 g/mol. The smallest absolute Gasteiger partial charge is 0.298 e. The molecule has 0 fully saturated rings. The lowest BCUT2D eigenvalue weighted by molar-refractivity contribution is 0.0926. The van der Waals surface area contributed by atoms with Crippen LogP contribution in [0.1, 0.15) is 26.3 Å². The summed E-state index contributed by atoms with van der Waals surface area (Å²) in [6.45, 7) is 1.53. The number of amides is 2. The number of imide groups is 1. The highest BCUT2D eigenvalue weighted by atomic mass is 32.2. The van der Waals surface area contributed by atoms with Gasteiger partial charge in [-0.2, -0.15) is 8.42 Å². The van der Waals surface area contributed by atoms with Crippen molar-refractivity contribution in [3.63, 3.8) is 0 Å². The molecule has 0 unspecified atom stereocenters. The number of carbonyl (C=O) groups excluding carboxylic acids is 2. The molecule has 8 heteroatoms. The Morgan fingerprint density at radius 2 is 1.58 bits per heavy atom. The molecule has 0 radical (unpaired) electrons. The summed E-state index contributed by atoms with van der Waals surface area (Å²) in [4.78, 5) is 25.6. The maximum atomic E-state index is 12.5. The predicted molar refractivity (Wildman–Crippen MR) is 85.1 cm³/mol. The molecule has 1 heterocycles. The highest BCUT2D eigenvalue weighted by Gasteiger charge is 2.37. The van der Waals surface area contributed by atoms with Crippen molar-refractivity contribution in [1.29, 1.82) is 0 Å². The molecule has 3 rings (SSSR count). The third kappa shape index (κ3) is 2.36. The van der Waals surface area contributed by atoms with E-state index in [1.54, 1.807) is 24.3 Å². The Morgan fingerprint density at radius 1 is 1.04 bits per heavy atom. The van der Waals surface area contributed by atoms with Crippen molar-refractivity contribution in [2.45, 2.75) is 11.8 Å². The SMILES string of the molecule is COc1cc(N2C(=O)c3ccccc3C2=O)c(C)cc1S(=O)(=O)O. The van der Waals surface area contributed by atoms with Crippen LogP contribution in [0.2, 0.25) is 0 Å². The van der Waals surface area contributed by atoms with E-state index < -0.39 is 26.8 Å². The first kappa shape index (κ1) is 16.2. The average molecular weight is 347 g/mol.